The van der Waals surface area contributed by atoms with Crippen molar-refractivity contribution < 1.29 is 23.1 Å². The van der Waals surface area contributed by atoms with Crippen molar-refractivity contribution in [2.24, 2.45) is 0 Å². The number of hydrogen-bond acceptors (Lipinski definition) is 6. The Morgan fingerprint density at radius 1 is 1.38 bits per heavy atom. The number of likely N-dealkylation sites (tertiary alicyclic amines) is 1. The molecule has 7 nitrogen and oxygen atoms in total. The summed E-state index contributed by atoms with van der Waals surface area (Å²) >= 11 is 0. The third kappa shape index (κ3) is 3.07. The summed E-state index contributed by atoms with van der Waals surface area (Å²) in [6.45, 7) is 0.966. The quantitative estimate of drug-likeness (QED) is 0.835. The van der Waals surface area contributed by atoms with E-state index in [1.54, 1.807) is 12.0 Å². The summed E-state index contributed by atoms with van der Waals surface area (Å²) in [7, 11) is 2.97. The summed E-state index contributed by atoms with van der Waals surface area (Å²) in [5, 5.41) is 0. The van der Waals surface area contributed by atoms with Gasteiger partial charge in [-0.15, -0.1) is 0 Å². The molecule has 128 valence electrons. The molecule has 3 rings (SSSR count). The molecule has 2 aromatic rings. The zero-order valence-corrected chi connectivity index (χ0v) is 13.6. The summed E-state index contributed by atoms with van der Waals surface area (Å²) in [4.78, 5) is 26.2. The molecule has 1 fully saturated rings. The molecule has 0 radical (unpaired) electrons. The van der Waals surface area contributed by atoms with E-state index in [0.717, 1.165) is 25.2 Å². The first-order valence-corrected chi connectivity index (χ1v) is 7.69. The monoisotopic (exact) mass is 333 g/mol. The summed E-state index contributed by atoms with van der Waals surface area (Å²) < 4.78 is 20.9. The highest BCUT2D eigenvalue weighted by molar-refractivity contribution is 5.91. The predicted molar refractivity (Wildman–Crippen MR) is 84.0 cm³/mol. The first-order valence-electron chi connectivity index (χ1n) is 7.69. The van der Waals surface area contributed by atoms with Gasteiger partial charge in [-0.25, -0.2) is 0 Å². The van der Waals surface area contributed by atoms with Gasteiger partial charge in [-0.1, -0.05) is 0 Å². The third-order valence-corrected chi connectivity index (χ3v) is 4.04. The topological polar surface area (TPSA) is 82.1 Å². The van der Waals surface area contributed by atoms with Gasteiger partial charge in [0.25, 0.3) is 5.91 Å². The Balaban J connectivity index is 1.82. The van der Waals surface area contributed by atoms with Crippen LogP contribution < -0.4 is 10.2 Å². The Morgan fingerprint density at radius 3 is 2.92 bits per heavy atom. The Kier molecular flexibility index (Phi) is 4.71. The zero-order valence-electron chi connectivity index (χ0n) is 13.6. The Labute approximate surface area is 138 Å². The van der Waals surface area contributed by atoms with Gasteiger partial charge in [-0.3, -0.25) is 9.59 Å². The number of ether oxygens (including phenoxy) is 2. The van der Waals surface area contributed by atoms with E-state index >= 15 is 0 Å². The molecule has 0 spiro atoms. The number of rotatable bonds is 5. The highest BCUT2D eigenvalue weighted by Crippen LogP contribution is 2.34. The number of nitrogens with zero attached hydrogens (tertiary/aromatic N) is 1. The lowest BCUT2D eigenvalue weighted by Crippen LogP contribution is -2.31. The molecule has 1 amide bonds. The van der Waals surface area contributed by atoms with Crippen LogP contribution in [0, 0.1) is 0 Å². The highest BCUT2D eigenvalue weighted by atomic mass is 16.5. The Bertz CT molecular complexity index is 777. The van der Waals surface area contributed by atoms with Gasteiger partial charge in [-0.05, 0) is 25.0 Å². The van der Waals surface area contributed by atoms with Gasteiger partial charge >= 0.3 is 0 Å². The van der Waals surface area contributed by atoms with Crippen LogP contribution in [0.3, 0.4) is 0 Å². The largest absolute Gasteiger partial charge is 0.490 e. The van der Waals surface area contributed by atoms with Crippen LogP contribution in [0.2, 0.25) is 0 Å². The van der Waals surface area contributed by atoms with E-state index < -0.39 is 0 Å². The fourth-order valence-electron chi connectivity index (χ4n) is 2.90. The van der Waals surface area contributed by atoms with Crippen molar-refractivity contribution in [1.82, 2.24) is 4.90 Å². The van der Waals surface area contributed by atoms with E-state index in [1.807, 2.05) is 12.1 Å². The molecule has 24 heavy (non-hydrogen) atoms. The van der Waals surface area contributed by atoms with E-state index in [-0.39, 0.29) is 28.9 Å². The van der Waals surface area contributed by atoms with E-state index in [9.17, 15) is 9.59 Å². The SMILES string of the molecule is COCc1ccc([C@@H]2CCCN2C(=O)c2cc(=O)c(OC)co2)o1. The average molecular weight is 333 g/mol. The summed E-state index contributed by atoms with van der Waals surface area (Å²) in [5.74, 6) is 1.16. The molecular weight excluding hydrogens is 314 g/mol. The molecule has 0 aromatic carbocycles. The van der Waals surface area contributed by atoms with Crippen LogP contribution in [0.15, 0.2) is 38.1 Å². The number of carbonyl (C=O) groups excluding carboxylic acids is 1. The lowest BCUT2D eigenvalue weighted by atomic mass is 10.1. The molecule has 3 heterocycles. The Morgan fingerprint density at radius 2 is 2.21 bits per heavy atom. The maximum Gasteiger partial charge on any atom is 0.290 e. The van der Waals surface area contributed by atoms with E-state index in [4.69, 9.17) is 18.3 Å². The van der Waals surface area contributed by atoms with Crippen molar-refractivity contribution in [1.29, 1.82) is 0 Å². The van der Waals surface area contributed by atoms with Gasteiger partial charge in [0.2, 0.25) is 11.2 Å². The van der Waals surface area contributed by atoms with Crippen molar-refractivity contribution in [2.75, 3.05) is 20.8 Å². The molecular formula is C17H19NO6. The molecule has 0 N–H and O–H groups in total. The maximum atomic E-state index is 12.7. The van der Waals surface area contributed by atoms with Crippen LogP contribution in [0.25, 0.3) is 0 Å². The van der Waals surface area contributed by atoms with Crippen molar-refractivity contribution in [2.45, 2.75) is 25.5 Å². The normalized spacial score (nSPS) is 17.2. The van der Waals surface area contributed by atoms with E-state index in [1.165, 1.54) is 7.11 Å². The van der Waals surface area contributed by atoms with Crippen molar-refractivity contribution in [3.05, 3.63) is 52.0 Å². The highest BCUT2D eigenvalue weighted by Gasteiger charge is 2.34. The zero-order chi connectivity index (χ0) is 17.1. The van der Waals surface area contributed by atoms with Crippen LogP contribution in [0.1, 0.15) is 41.0 Å². The minimum absolute atomic E-state index is 0.00336. The van der Waals surface area contributed by atoms with Crippen LogP contribution in [0.5, 0.6) is 5.75 Å². The second-order valence-corrected chi connectivity index (χ2v) is 5.57. The second kappa shape index (κ2) is 6.92. The Hall–Kier alpha value is -2.54. The number of carbonyl (C=O) groups is 1. The average Bonchev–Trinajstić information content (AvgIpc) is 3.23. The molecule has 0 aliphatic carbocycles. The van der Waals surface area contributed by atoms with Gasteiger partial charge in [0, 0.05) is 19.7 Å². The van der Waals surface area contributed by atoms with Crippen molar-refractivity contribution >= 4 is 5.91 Å². The summed E-state index contributed by atoms with van der Waals surface area (Å²) in [6, 6.07) is 4.69. The number of furan rings is 1. The van der Waals surface area contributed by atoms with Gasteiger partial charge in [-0.2, -0.15) is 0 Å². The molecule has 7 heteroatoms. The van der Waals surface area contributed by atoms with Crippen molar-refractivity contribution in [3.63, 3.8) is 0 Å². The smallest absolute Gasteiger partial charge is 0.290 e. The minimum Gasteiger partial charge on any atom is -0.490 e. The third-order valence-electron chi connectivity index (χ3n) is 4.04. The lowest BCUT2D eigenvalue weighted by molar-refractivity contribution is 0.0680. The van der Waals surface area contributed by atoms with Gasteiger partial charge < -0.3 is 23.2 Å². The van der Waals surface area contributed by atoms with Crippen LogP contribution in [-0.2, 0) is 11.3 Å². The number of amides is 1. The first-order chi connectivity index (χ1) is 11.6. The van der Waals surface area contributed by atoms with Gasteiger partial charge in [0.15, 0.2) is 5.76 Å². The molecule has 1 aliphatic rings. The molecule has 2 aromatic heterocycles. The van der Waals surface area contributed by atoms with Gasteiger partial charge in [0.1, 0.15) is 24.4 Å². The summed E-state index contributed by atoms with van der Waals surface area (Å²) in [6.07, 6.45) is 2.81. The first kappa shape index (κ1) is 16.3. The lowest BCUT2D eigenvalue weighted by Gasteiger charge is -2.22. The van der Waals surface area contributed by atoms with Crippen LogP contribution in [-0.4, -0.2) is 31.6 Å². The molecule has 0 unspecified atom stereocenters. The van der Waals surface area contributed by atoms with E-state index in [0.29, 0.717) is 24.7 Å². The molecule has 0 bridgehead atoms. The molecule has 1 aliphatic heterocycles. The maximum absolute atomic E-state index is 12.7. The fraction of sp³-hybridized carbons (Fsp3) is 0.412. The fourth-order valence-corrected chi connectivity index (χ4v) is 2.90. The minimum atomic E-state index is -0.386. The van der Waals surface area contributed by atoms with E-state index in [2.05, 4.69) is 0 Å². The molecule has 1 saturated heterocycles. The number of methoxy groups -OCH3 is 2. The predicted octanol–water partition coefficient (Wildman–Crippen LogP) is 2.37. The standard InChI is InChI=1S/C17H19NO6/c1-21-9-11-5-6-14(24-11)12-4-3-7-18(12)17(20)15-8-13(19)16(22-2)10-23-15/h5-6,8,10,12H,3-4,7,9H2,1-2H3/t12-/m0/s1. The number of hydrogen-bond donors (Lipinski definition) is 0. The van der Waals surface area contributed by atoms with Gasteiger partial charge in [0.05, 0.1) is 13.2 Å². The molecule has 0 saturated carbocycles. The summed E-state index contributed by atoms with van der Waals surface area (Å²) in [5.41, 5.74) is -0.386. The van der Waals surface area contributed by atoms with Crippen LogP contribution in [0.4, 0.5) is 0 Å². The molecule has 1 atom stereocenters. The van der Waals surface area contributed by atoms with Crippen LogP contribution >= 0.6 is 0 Å². The van der Waals surface area contributed by atoms with Crippen molar-refractivity contribution in [3.8, 4) is 5.75 Å². The second-order valence-electron chi connectivity index (χ2n) is 5.57.